The van der Waals surface area contributed by atoms with E-state index in [1.165, 1.54) is 0 Å². The molecule has 1 amide bonds. The van der Waals surface area contributed by atoms with Gasteiger partial charge in [0, 0.05) is 6.54 Å². The lowest BCUT2D eigenvalue weighted by molar-refractivity contribution is -0.126. The Balaban J connectivity index is 4.32. The number of hydrazine groups is 1. The van der Waals surface area contributed by atoms with Crippen molar-refractivity contribution < 1.29 is 27.7 Å². The summed E-state index contributed by atoms with van der Waals surface area (Å²) in [4.78, 5) is 22.7. The van der Waals surface area contributed by atoms with E-state index in [2.05, 4.69) is 16.2 Å². The number of hydrogen-bond acceptors (Lipinski definition) is 8. The summed E-state index contributed by atoms with van der Waals surface area (Å²) in [5.41, 5.74) is 10.8. The van der Waals surface area contributed by atoms with Crippen molar-refractivity contribution in [1.82, 2.24) is 16.2 Å². The molecular formula is C12H26N4O6S. The third kappa shape index (κ3) is 12.0. The summed E-state index contributed by atoms with van der Waals surface area (Å²) in [6.45, 7) is 0.216. The highest BCUT2D eigenvalue weighted by Gasteiger charge is 2.20. The molecule has 0 unspecified atom stereocenters. The first-order valence-electron chi connectivity index (χ1n) is 7.34. The monoisotopic (exact) mass is 354 g/mol. The number of nitrogens with two attached hydrogens (primary N) is 1. The van der Waals surface area contributed by atoms with Crippen LogP contribution in [-0.4, -0.2) is 67.8 Å². The van der Waals surface area contributed by atoms with Crippen LogP contribution in [-0.2, 0) is 19.7 Å². The summed E-state index contributed by atoms with van der Waals surface area (Å²) in [5, 5.41) is 11.3. The van der Waals surface area contributed by atoms with Gasteiger partial charge < -0.3 is 21.0 Å². The van der Waals surface area contributed by atoms with E-state index >= 15 is 0 Å². The molecular weight excluding hydrogens is 328 g/mol. The molecule has 0 aromatic heterocycles. The van der Waals surface area contributed by atoms with Crippen LogP contribution < -0.4 is 21.9 Å². The molecule has 0 spiro atoms. The van der Waals surface area contributed by atoms with Crippen molar-refractivity contribution in [2.45, 2.75) is 37.8 Å². The average Bonchev–Trinajstić information content (AvgIpc) is 2.49. The number of amides is 1. The number of hydrogen-bond donors (Lipinski definition) is 6. The summed E-state index contributed by atoms with van der Waals surface area (Å²) in [6.07, 6.45) is 2.46. The van der Waals surface area contributed by atoms with Crippen molar-refractivity contribution in [3.63, 3.8) is 0 Å². The number of carbonyl (C=O) groups is 2. The van der Waals surface area contributed by atoms with Gasteiger partial charge in [-0.3, -0.25) is 14.8 Å². The fourth-order valence-electron chi connectivity index (χ4n) is 1.71. The number of rotatable bonds is 14. The minimum Gasteiger partial charge on any atom is -0.394 e. The zero-order valence-corrected chi connectivity index (χ0v) is 13.7. The van der Waals surface area contributed by atoms with Gasteiger partial charge in [-0.15, -0.1) is 0 Å². The molecule has 0 saturated carbocycles. The second-order valence-corrected chi connectivity index (χ2v) is 6.55. The second-order valence-electron chi connectivity index (χ2n) is 4.98. The third-order valence-electron chi connectivity index (χ3n) is 2.93. The Morgan fingerprint density at radius 2 is 1.96 bits per heavy atom. The molecule has 0 bridgehead atoms. The second kappa shape index (κ2) is 12.3. The van der Waals surface area contributed by atoms with E-state index in [0.29, 0.717) is 25.7 Å². The molecule has 0 aromatic carbocycles. The molecule has 0 aliphatic carbocycles. The minimum absolute atomic E-state index is 0.163. The van der Waals surface area contributed by atoms with Gasteiger partial charge in [0.05, 0.1) is 18.4 Å². The smallest absolute Gasteiger partial charge is 0.264 e. The predicted octanol–water partition coefficient (Wildman–Crippen LogP) is -2.47. The molecule has 7 N–H and O–H groups in total. The SMILES string of the molecule is NCCCC[C@H](NNCCCS(=O)(=O)O)C(=O)N[C@H](C=O)CO. The van der Waals surface area contributed by atoms with E-state index in [0.717, 1.165) is 6.42 Å². The number of aldehydes is 1. The number of unbranched alkanes of at least 4 members (excludes halogenated alkanes) is 1. The molecule has 0 heterocycles. The Labute approximate surface area is 135 Å². The van der Waals surface area contributed by atoms with Crippen molar-refractivity contribution in [2.24, 2.45) is 5.73 Å². The minimum atomic E-state index is -4.01. The average molecular weight is 354 g/mol. The van der Waals surface area contributed by atoms with Crippen LogP contribution in [0, 0.1) is 0 Å². The number of aliphatic hydroxyl groups excluding tert-OH is 1. The molecule has 0 rings (SSSR count). The van der Waals surface area contributed by atoms with E-state index in [9.17, 15) is 18.0 Å². The molecule has 0 saturated heterocycles. The van der Waals surface area contributed by atoms with Gasteiger partial charge in [-0.1, -0.05) is 6.42 Å². The fourth-order valence-corrected chi connectivity index (χ4v) is 2.22. The first-order chi connectivity index (χ1) is 10.8. The maximum absolute atomic E-state index is 12.0. The lowest BCUT2D eigenvalue weighted by Gasteiger charge is -2.20. The predicted molar refractivity (Wildman–Crippen MR) is 83.9 cm³/mol. The highest BCUT2D eigenvalue weighted by Crippen LogP contribution is 2.00. The van der Waals surface area contributed by atoms with Gasteiger partial charge in [0.25, 0.3) is 10.1 Å². The Hall–Kier alpha value is -1.11. The normalized spacial score (nSPS) is 14.2. The zero-order valence-electron chi connectivity index (χ0n) is 12.9. The summed E-state index contributed by atoms with van der Waals surface area (Å²) in [5.74, 6) is -0.848. The molecule has 2 atom stereocenters. The van der Waals surface area contributed by atoms with Crippen molar-refractivity contribution >= 4 is 22.3 Å². The van der Waals surface area contributed by atoms with E-state index in [1.54, 1.807) is 0 Å². The third-order valence-corrected chi connectivity index (χ3v) is 3.74. The van der Waals surface area contributed by atoms with Gasteiger partial charge in [0.2, 0.25) is 5.91 Å². The lowest BCUT2D eigenvalue weighted by Crippen LogP contribution is -2.53. The van der Waals surface area contributed by atoms with E-state index in [-0.39, 0.29) is 18.7 Å². The van der Waals surface area contributed by atoms with Gasteiger partial charge >= 0.3 is 0 Å². The Bertz CT molecular complexity index is 445. The number of carbonyl (C=O) groups excluding carboxylic acids is 2. The fraction of sp³-hybridized carbons (Fsp3) is 0.833. The molecule has 23 heavy (non-hydrogen) atoms. The first kappa shape index (κ1) is 21.9. The largest absolute Gasteiger partial charge is 0.394 e. The van der Waals surface area contributed by atoms with Crippen LogP contribution in [0.5, 0.6) is 0 Å². The van der Waals surface area contributed by atoms with Gasteiger partial charge in [-0.05, 0) is 25.8 Å². The molecule has 0 aliphatic heterocycles. The molecule has 0 radical (unpaired) electrons. The van der Waals surface area contributed by atoms with Gasteiger partial charge in [0.1, 0.15) is 12.3 Å². The van der Waals surface area contributed by atoms with Gasteiger partial charge in [-0.2, -0.15) is 8.42 Å². The zero-order chi connectivity index (χ0) is 17.7. The van der Waals surface area contributed by atoms with E-state index < -0.39 is 34.7 Å². The summed E-state index contributed by atoms with van der Waals surface area (Å²) in [6, 6.07) is -1.64. The van der Waals surface area contributed by atoms with Crippen LogP contribution in [0.4, 0.5) is 0 Å². The van der Waals surface area contributed by atoms with Crippen LogP contribution in [0.15, 0.2) is 0 Å². The van der Waals surface area contributed by atoms with Gasteiger partial charge in [-0.25, -0.2) is 5.43 Å². The lowest BCUT2D eigenvalue weighted by atomic mass is 10.1. The Morgan fingerprint density at radius 3 is 2.48 bits per heavy atom. The van der Waals surface area contributed by atoms with Crippen LogP contribution >= 0.6 is 0 Å². The topological polar surface area (TPSA) is 171 Å². The summed E-state index contributed by atoms with van der Waals surface area (Å²) < 4.78 is 29.7. The molecule has 136 valence electrons. The van der Waals surface area contributed by atoms with E-state index in [4.69, 9.17) is 15.4 Å². The quantitative estimate of drug-likeness (QED) is 0.0856. The molecule has 0 aliphatic rings. The Kier molecular flexibility index (Phi) is 11.7. The van der Waals surface area contributed by atoms with Crippen molar-refractivity contribution in [3.8, 4) is 0 Å². The maximum Gasteiger partial charge on any atom is 0.264 e. The van der Waals surface area contributed by atoms with Crippen molar-refractivity contribution in [1.29, 1.82) is 0 Å². The van der Waals surface area contributed by atoms with E-state index in [1.807, 2.05) is 0 Å². The van der Waals surface area contributed by atoms with Crippen molar-refractivity contribution in [3.05, 3.63) is 0 Å². The van der Waals surface area contributed by atoms with Gasteiger partial charge in [0.15, 0.2) is 0 Å². The van der Waals surface area contributed by atoms with Crippen LogP contribution in [0.25, 0.3) is 0 Å². The summed E-state index contributed by atoms with van der Waals surface area (Å²) >= 11 is 0. The molecule has 10 nitrogen and oxygen atoms in total. The standard InChI is InChI=1S/C12H26N4O6S/c13-5-2-1-4-11(12(19)15-10(8-17)9-18)16-14-6-3-7-23(20,21)22/h8,10-11,14,16,18H,1-7,9,13H2,(H,15,19)(H,20,21,22)/t10-,11+/m1/s1. The molecule has 11 heteroatoms. The maximum atomic E-state index is 12.0. The van der Waals surface area contributed by atoms with Crippen molar-refractivity contribution in [2.75, 3.05) is 25.4 Å². The summed E-state index contributed by atoms with van der Waals surface area (Å²) in [7, 11) is -4.01. The highest BCUT2D eigenvalue weighted by atomic mass is 32.2. The number of nitrogens with one attached hydrogen (secondary N) is 3. The van der Waals surface area contributed by atoms with Crippen LogP contribution in [0.2, 0.25) is 0 Å². The van der Waals surface area contributed by atoms with Crippen LogP contribution in [0.3, 0.4) is 0 Å². The Morgan fingerprint density at radius 1 is 1.26 bits per heavy atom. The highest BCUT2D eigenvalue weighted by molar-refractivity contribution is 7.85. The molecule has 0 fully saturated rings. The first-order valence-corrected chi connectivity index (χ1v) is 8.95. The van der Waals surface area contributed by atoms with Crippen LogP contribution in [0.1, 0.15) is 25.7 Å². The molecule has 0 aromatic rings. The number of aliphatic hydroxyl groups is 1.